The van der Waals surface area contributed by atoms with Crippen LogP contribution >= 0.6 is 0 Å². The second-order valence-corrected chi connectivity index (χ2v) is 8.22. The van der Waals surface area contributed by atoms with Crippen LogP contribution in [0.2, 0.25) is 0 Å². The van der Waals surface area contributed by atoms with Gasteiger partial charge in [-0.25, -0.2) is 8.42 Å². The van der Waals surface area contributed by atoms with Crippen molar-refractivity contribution >= 4 is 21.8 Å². The summed E-state index contributed by atoms with van der Waals surface area (Å²) in [5.41, 5.74) is 0. The molecule has 0 bridgehead atoms. The molecule has 1 heterocycles. The number of likely N-dealkylation sites (N-methyl/N-ethyl adjacent to an activating group) is 1. The molecular weight excluding hydrogens is 302 g/mol. The maximum atomic E-state index is 12.3. The predicted octanol–water partition coefficient (Wildman–Crippen LogP) is 2.42. The molecule has 22 heavy (non-hydrogen) atoms. The van der Waals surface area contributed by atoms with Crippen molar-refractivity contribution in [1.82, 2.24) is 4.90 Å². The number of rotatable bonds is 4. The van der Waals surface area contributed by atoms with Crippen LogP contribution in [0.1, 0.15) is 37.2 Å². The van der Waals surface area contributed by atoms with Crippen molar-refractivity contribution < 1.29 is 17.6 Å². The first kappa shape index (κ1) is 16.8. The Kier molecular flexibility index (Phi) is 5.11. The second kappa shape index (κ2) is 6.69. The van der Waals surface area contributed by atoms with Crippen LogP contribution in [0.5, 0.6) is 0 Å². The van der Waals surface area contributed by atoms with Crippen LogP contribution in [0, 0.1) is 6.92 Å². The van der Waals surface area contributed by atoms with Crippen molar-refractivity contribution in [1.29, 1.82) is 0 Å². The van der Waals surface area contributed by atoms with E-state index in [4.69, 9.17) is 4.42 Å². The molecule has 0 unspecified atom stereocenters. The number of carbonyl (C=O) groups excluding carboxylic acids is 1. The third-order valence-electron chi connectivity index (χ3n) is 4.21. The van der Waals surface area contributed by atoms with Gasteiger partial charge >= 0.3 is 0 Å². The molecule has 5 nitrogen and oxygen atoms in total. The second-order valence-electron chi connectivity index (χ2n) is 5.95. The molecule has 6 heteroatoms. The normalized spacial score (nSPS) is 22.9. The number of amides is 1. The minimum atomic E-state index is -3.15. The van der Waals surface area contributed by atoms with Gasteiger partial charge < -0.3 is 9.32 Å². The van der Waals surface area contributed by atoms with Gasteiger partial charge in [0.2, 0.25) is 5.91 Å². The number of hydrogen-bond acceptors (Lipinski definition) is 4. The van der Waals surface area contributed by atoms with Gasteiger partial charge in [-0.05, 0) is 38.0 Å². The molecule has 0 radical (unpaired) electrons. The molecule has 1 aliphatic rings. The van der Waals surface area contributed by atoms with Gasteiger partial charge in [0.25, 0.3) is 0 Å². The van der Waals surface area contributed by atoms with E-state index in [9.17, 15) is 13.2 Å². The molecule has 1 aromatic rings. The van der Waals surface area contributed by atoms with Gasteiger partial charge in [-0.3, -0.25) is 4.79 Å². The average molecular weight is 325 g/mol. The fraction of sp³-hybridized carbons (Fsp3) is 0.562. The largest absolute Gasteiger partial charge is 0.462 e. The number of aryl methyl sites for hydroxylation is 1. The summed E-state index contributed by atoms with van der Waals surface area (Å²) in [6.07, 6.45) is 7.52. The van der Waals surface area contributed by atoms with Crippen LogP contribution < -0.4 is 0 Å². The van der Waals surface area contributed by atoms with E-state index in [1.807, 2.05) is 13.0 Å². The molecule has 1 aliphatic carbocycles. The summed E-state index contributed by atoms with van der Waals surface area (Å²) < 4.78 is 29.3. The van der Waals surface area contributed by atoms with Gasteiger partial charge in [0.1, 0.15) is 11.5 Å². The summed E-state index contributed by atoms with van der Waals surface area (Å²) in [5.74, 6) is 1.20. The van der Waals surface area contributed by atoms with Crippen LogP contribution in [0.4, 0.5) is 0 Å². The van der Waals surface area contributed by atoms with Crippen molar-refractivity contribution in [2.45, 2.75) is 43.9 Å². The van der Waals surface area contributed by atoms with Crippen molar-refractivity contribution in [3.63, 3.8) is 0 Å². The van der Waals surface area contributed by atoms with Gasteiger partial charge in [-0.2, -0.15) is 0 Å². The number of furan rings is 1. The van der Waals surface area contributed by atoms with Crippen molar-refractivity contribution in [3.8, 4) is 0 Å². The molecule has 2 atom stereocenters. The summed E-state index contributed by atoms with van der Waals surface area (Å²) in [7, 11) is -1.48. The van der Waals surface area contributed by atoms with E-state index in [0.717, 1.165) is 25.0 Å². The maximum absolute atomic E-state index is 12.3. The van der Waals surface area contributed by atoms with Crippen molar-refractivity contribution in [3.05, 3.63) is 29.7 Å². The molecule has 122 valence electrons. The SMILES string of the molecule is Cc1ccc(/C=C\C(=O)N(C)[C@@H]2CCCC[C@H]2S(C)(=O)=O)o1. The zero-order valence-electron chi connectivity index (χ0n) is 13.3. The molecule has 1 amide bonds. The van der Waals surface area contributed by atoms with Gasteiger partial charge in [-0.1, -0.05) is 12.8 Å². The topological polar surface area (TPSA) is 67.6 Å². The maximum Gasteiger partial charge on any atom is 0.246 e. The Morgan fingerprint density at radius 1 is 1.32 bits per heavy atom. The Morgan fingerprint density at radius 3 is 2.59 bits per heavy atom. The van der Waals surface area contributed by atoms with E-state index < -0.39 is 15.1 Å². The van der Waals surface area contributed by atoms with E-state index in [0.29, 0.717) is 12.2 Å². The summed E-state index contributed by atoms with van der Waals surface area (Å²) >= 11 is 0. The zero-order chi connectivity index (χ0) is 16.3. The Bertz CT molecular complexity index is 659. The summed E-state index contributed by atoms with van der Waals surface area (Å²) in [6.45, 7) is 1.84. The van der Waals surface area contributed by atoms with E-state index in [1.54, 1.807) is 24.1 Å². The smallest absolute Gasteiger partial charge is 0.246 e. The molecule has 0 N–H and O–H groups in total. The highest BCUT2D eigenvalue weighted by atomic mass is 32.2. The first-order valence-electron chi connectivity index (χ1n) is 7.49. The van der Waals surface area contributed by atoms with Crippen molar-refractivity contribution in [2.75, 3.05) is 13.3 Å². The van der Waals surface area contributed by atoms with Crippen LogP contribution in [0.3, 0.4) is 0 Å². The van der Waals surface area contributed by atoms with Gasteiger partial charge in [-0.15, -0.1) is 0 Å². The molecular formula is C16H23NO4S. The van der Waals surface area contributed by atoms with Crippen LogP contribution in [0.15, 0.2) is 22.6 Å². The third kappa shape index (κ3) is 4.00. The Morgan fingerprint density at radius 2 is 2.00 bits per heavy atom. The molecule has 0 spiro atoms. The lowest BCUT2D eigenvalue weighted by atomic mass is 9.94. The first-order chi connectivity index (χ1) is 10.3. The minimum absolute atomic E-state index is 0.199. The fourth-order valence-corrected chi connectivity index (χ4v) is 4.48. The molecule has 0 saturated heterocycles. The summed E-state index contributed by atoms with van der Waals surface area (Å²) in [6, 6.07) is 3.37. The van der Waals surface area contributed by atoms with Gasteiger partial charge in [0.05, 0.1) is 5.25 Å². The monoisotopic (exact) mass is 325 g/mol. The van der Waals surface area contributed by atoms with Crippen LogP contribution in [-0.4, -0.2) is 43.8 Å². The molecule has 0 aromatic carbocycles. The lowest BCUT2D eigenvalue weighted by Gasteiger charge is -2.36. The van der Waals surface area contributed by atoms with Gasteiger partial charge in [0, 0.05) is 25.4 Å². The summed E-state index contributed by atoms with van der Waals surface area (Å²) in [4.78, 5) is 13.9. The molecule has 0 aliphatic heterocycles. The quantitative estimate of drug-likeness (QED) is 0.797. The number of hydrogen-bond donors (Lipinski definition) is 0. The highest BCUT2D eigenvalue weighted by molar-refractivity contribution is 7.91. The molecule has 1 saturated carbocycles. The molecule has 2 rings (SSSR count). The number of carbonyl (C=O) groups is 1. The van der Waals surface area contributed by atoms with Gasteiger partial charge in [0.15, 0.2) is 9.84 Å². The molecule has 1 aromatic heterocycles. The number of sulfone groups is 1. The van der Waals surface area contributed by atoms with E-state index in [2.05, 4.69) is 0 Å². The molecule has 1 fully saturated rings. The Labute approximate surface area is 131 Å². The lowest BCUT2D eigenvalue weighted by molar-refractivity contribution is -0.127. The highest BCUT2D eigenvalue weighted by Crippen LogP contribution is 2.27. The Balaban J connectivity index is 2.09. The third-order valence-corrected chi connectivity index (χ3v) is 5.86. The lowest BCUT2D eigenvalue weighted by Crippen LogP contribution is -2.48. The van der Waals surface area contributed by atoms with E-state index >= 15 is 0 Å². The Hall–Kier alpha value is -1.56. The fourth-order valence-electron chi connectivity index (χ4n) is 3.00. The first-order valence-corrected chi connectivity index (χ1v) is 9.44. The number of nitrogens with zero attached hydrogens (tertiary/aromatic N) is 1. The van der Waals surface area contributed by atoms with E-state index in [1.165, 1.54) is 12.3 Å². The predicted molar refractivity (Wildman–Crippen MR) is 86.1 cm³/mol. The zero-order valence-corrected chi connectivity index (χ0v) is 14.1. The highest BCUT2D eigenvalue weighted by Gasteiger charge is 2.36. The van der Waals surface area contributed by atoms with Crippen LogP contribution in [-0.2, 0) is 14.6 Å². The standard InChI is InChI=1S/C16H23NO4S/c1-12-8-9-13(21-12)10-11-16(18)17(2)14-6-4-5-7-15(14)22(3,19)20/h8-11,14-15H,4-7H2,1-3H3/b11-10-/t14-,15-/m1/s1. The van der Waals surface area contributed by atoms with E-state index in [-0.39, 0.29) is 11.9 Å². The minimum Gasteiger partial charge on any atom is -0.462 e. The van der Waals surface area contributed by atoms with Crippen molar-refractivity contribution in [2.24, 2.45) is 0 Å². The van der Waals surface area contributed by atoms with Crippen LogP contribution in [0.25, 0.3) is 6.08 Å². The summed E-state index contributed by atoms with van der Waals surface area (Å²) in [5, 5.41) is -0.463. The average Bonchev–Trinajstić information content (AvgIpc) is 2.88.